The average molecular weight is 251 g/mol. The lowest BCUT2D eigenvalue weighted by Crippen LogP contribution is -2.42. The molecule has 1 aliphatic rings. The lowest BCUT2D eigenvalue weighted by atomic mass is 9.74. The van der Waals surface area contributed by atoms with E-state index in [2.05, 4.69) is 36.1 Å². The van der Waals surface area contributed by atoms with Gasteiger partial charge in [0.15, 0.2) is 0 Å². The van der Waals surface area contributed by atoms with Crippen LogP contribution in [0.25, 0.3) is 0 Å². The summed E-state index contributed by atoms with van der Waals surface area (Å²) in [6, 6.07) is 2.97. The van der Waals surface area contributed by atoms with Gasteiger partial charge in [-0.1, -0.05) is 19.8 Å². The molecule has 1 saturated carbocycles. The van der Waals surface area contributed by atoms with Crippen LogP contribution < -0.4 is 5.32 Å². The van der Waals surface area contributed by atoms with Gasteiger partial charge in [0.1, 0.15) is 0 Å². The van der Waals surface area contributed by atoms with Gasteiger partial charge in [-0.2, -0.15) is 11.3 Å². The van der Waals surface area contributed by atoms with Crippen LogP contribution in [0.1, 0.15) is 51.0 Å². The van der Waals surface area contributed by atoms with E-state index in [9.17, 15) is 0 Å². The second-order valence-electron chi connectivity index (χ2n) is 5.43. The van der Waals surface area contributed by atoms with Crippen molar-refractivity contribution in [2.24, 2.45) is 5.41 Å². The number of hydrogen-bond acceptors (Lipinski definition) is 2. The molecule has 0 bridgehead atoms. The Morgan fingerprint density at radius 1 is 1.41 bits per heavy atom. The van der Waals surface area contributed by atoms with Crippen molar-refractivity contribution in [1.82, 2.24) is 5.32 Å². The minimum Gasteiger partial charge on any atom is -0.316 e. The van der Waals surface area contributed by atoms with E-state index in [-0.39, 0.29) is 0 Å². The van der Waals surface area contributed by atoms with Crippen molar-refractivity contribution in [2.75, 3.05) is 7.05 Å². The van der Waals surface area contributed by atoms with Gasteiger partial charge >= 0.3 is 0 Å². The van der Waals surface area contributed by atoms with Crippen LogP contribution in [0.2, 0.25) is 0 Å². The molecule has 1 aromatic rings. The Bertz CT molecular complexity index is 312. The monoisotopic (exact) mass is 251 g/mol. The Balaban J connectivity index is 1.95. The Morgan fingerprint density at radius 3 is 2.71 bits per heavy atom. The van der Waals surface area contributed by atoms with Gasteiger partial charge in [0.2, 0.25) is 0 Å². The molecule has 0 aromatic carbocycles. The molecule has 1 atom stereocenters. The van der Waals surface area contributed by atoms with Crippen LogP contribution >= 0.6 is 11.3 Å². The molecule has 2 rings (SSSR count). The fraction of sp³-hybridized carbons (Fsp3) is 0.733. The van der Waals surface area contributed by atoms with Crippen LogP contribution in [0, 0.1) is 5.41 Å². The molecule has 1 aromatic heterocycles. The smallest absolute Gasteiger partial charge is 0.0124 e. The highest BCUT2D eigenvalue weighted by molar-refractivity contribution is 7.07. The van der Waals surface area contributed by atoms with E-state index in [0.29, 0.717) is 11.5 Å². The number of nitrogens with one attached hydrogen (secondary N) is 1. The summed E-state index contributed by atoms with van der Waals surface area (Å²) >= 11 is 1.82. The van der Waals surface area contributed by atoms with E-state index >= 15 is 0 Å². The SMILES string of the molecule is CCC1(C(CCc2ccsc2)NC)CCCC1. The van der Waals surface area contributed by atoms with Gasteiger partial charge in [-0.15, -0.1) is 0 Å². The zero-order valence-corrected chi connectivity index (χ0v) is 12.0. The second-order valence-corrected chi connectivity index (χ2v) is 6.21. The molecule has 0 radical (unpaired) electrons. The molecule has 96 valence electrons. The van der Waals surface area contributed by atoms with Gasteiger partial charge < -0.3 is 5.32 Å². The minimum atomic E-state index is 0.588. The summed E-state index contributed by atoms with van der Waals surface area (Å²) in [5.41, 5.74) is 2.10. The molecule has 0 spiro atoms. The van der Waals surface area contributed by atoms with Crippen LogP contribution in [0.5, 0.6) is 0 Å². The maximum absolute atomic E-state index is 3.60. The summed E-state index contributed by atoms with van der Waals surface area (Å²) in [6.45, 7) is 2.38. The second kappa shape index (κ2) is 6.01. The van der Waals surface area contributed by atoms with E-state index in [1.807, 2.05) is 11.3 Å². The Hall–Kier alpha value is -0.340. The average Bonchev–Trinajstić information content (AvgIpc) is 3.00. The minimum absolute atomic E-state index is 0.588. The summed E-state index contributed by atoms with van der Waals surface area (Å²) in [4.78, 5) is 0. The van der Waals surface area contributed by atoms with E-state index in [0.717, 1.165) is 0 Å². The predicted molar refractivity (Wildman–Crippen MR) is 76.7 cm³/mol. The third kappa shape index (κ3) is 2.92. The lowest BCUT2D eigenvalue weighted by molar-refractivity contribution is 0.184. The number of hydrogen-bond donors (Lipinski definition) is 1. The zero-order valence-electron chi connectivity index (χ0n) is 11.2. The molecule has 1 fully saturated rings. The van der Waals surface area contributed by atoms with Crippen LogP contribution in [0.3, 0.4) is 0 Å². The van der Waals surface area contributed by atoms with Gasteiger partial charge in [0, 0.05) is 6.04 Å². The maximum Gasteiger partial charge on any atom is 0.0124 e. The van der Waals surface area contributed by atoms with E-state index in [1.54, 1.807) is 0 Å². The first-order valence-electron chi connectivity index (χ1n) is 6.99. The van der Waals surface area contributed by atoms with Gasteiger partial charge in [-0.25, -0.2) is 0 Å². The zero-order chi connectivity index (χ0) is 12.1. The highest BCUT2D eigenvalue weighted by atomic mass is 32.1. The third-order valence-corrected chi connectivity index (χ3v) is 5.42. The highest BCUT2D eigenvalue weighted by Crippen LogP contribution is 2.44. The largest absolute Gasteiger partial charge is 0.316 e. The normalized spacial score (nSPS) is 20.6. The van der Waals surface area contributed by atoms with Crippen molar-refractivity contribution in [2.45, 2.75) is 57.9 Å². The Kier molecular flexibility index (Phi) is 4.63. The van der Waals surface area contributed by atoms with Crippen molar-refractivity contribution >= 4 is 11.3 Å². The molecule has 1 heterocycles. The third-order valence-electron chi connectivity index (χ3n) is 4.69. The van der Waals surface area contributed by atoms with Crippen molar-refractivity contribution in [3.05, 3.63) is 22.4 Å². The van der Waals surface area contributed by atoms with Crippen LogP contribution in [0.15, 0.2) is 16.8 Å². The summed E-state index contributed by atoms with van der Waals surface area (Å²) in [7, 11) is 2.15. The van der Waals surface area contributed by atoms with Gasteiger partial charge in [-0.3, -0.25) is 0 Å². The molecule has 1 unspecified atom stereocenters. The maximum atomic E-state index is 3.60. The van der Waals surface area contributed by atoms with Gasteiger partial charge in [0.05, 0.1) is 0 Å². The molecule has 1 aliphatic carbocycles. The summed E-state index contributed by atoms with van der Waals surface area (Å²) in [5, 5.41) is 8.08. The Labute approximate surface area is 110 Å². The summed E-state index contributed by atoms with van der Waals surface area (Å²) in [5.74, 6) is 0. The van der Waals surface area contributed by atoms with Crippen molar-refractivity contribution < 1.29 is 0 Å². The molecular weight excluding hydrogens is 226 g/mol. The molecule has 0 amide bonds. The molecule has 1 nitrogen and oxygen atoms in total. The van der Waals surface area contributed by atoms with Crippen molar-refractivity contribution in [1.29, 1.82) is 0 Å². The lowest BCUT2D eigenvalue weighted by Gasteiger charge is -2.37. The van der Waals surface area contributed by atoms with Crippen LogP contribution in [-0.4, -0.2) is 13.1 Å². The van der Waals surface area contributed by atoms with E-state index < -0.39 is 0 Å². The molecule has 1 N–H and O–H groups in total. The predicted octanol–water partition coefficient (Wildman–Crippen LogP) is 4.24. The molecule has 2 heteroatoms. The quantitative estimate of drug-likeness (QED) is 0.797. The first-order chi connectivity index (χ1) is 8.30. The summed E-state index contributed by atoms with van der Waals surface area (Å²) < 4.78 is 0. The van der Waals surface area contributed by atoms with E-state index in [4.69, 9.17) is 0 Å². The number of rotatable bonds is 6. The fourth-order valence-electron chi connectivity index (χ4n) is 3.53. The first-order valence-corrected chi connectivity index (χ1v) is 7.93. The van der Waals surface area contributed by atoms with Crippen molar-refractivity contribution in [3.63, 3.8) is 0 Å². The highest BCUT2D eigenvalue weighted by Gasteiger charge is 2.38. The standard InChI is InChI=1S/C15H25NS/c1-3-15(9-4-5-10-15)14(16-2)7-6-13-8-11-17-12-13/h8,11-12,14,16H,3-7,9-10H2,1-2H3. The van der Waals surface area contributed by atoms with Gasteiger partial charge in [-0.05, 0) is 67.0 Å². The molecular formula is C15H25NS. The topological polar surface area (TPSA) is 12.0 Å². The number of thiophene rings is 1. The van der Waals surface area contributed by atoms with E-state index in [1.165, 1.54) is 50.5 Å². The fourth-order valence-corrected chi connectivity index (χ4v) is 4.23. The van der Waals surface area contributed by atoms with Gasteiger partial charge in [0.25, 0.3) is 0 Å². The van der Waals surface area contributed by atoms with Crippen molar-refractivity contribution in [3.8, 4) is 0 Å². The molecule has 17 heavy (non-hydrogen) atoms. The van der Waals surface area contributed by atoms with Crippen LogP contribution in [-0.2, 0) is 6.42 Å². The molecule has 0 saturated heterocycles. The first kappa shape index (κ1) is 13.1. The van der Waals surface area contributed by atoms with Crippen LogP contribution in [0.4, 0.5) is 0 Å². The number of aryl methyl sites for hydroxylation is 1. The Morgan fingerprint density at radius 2 is 2.18 bits per heavy atom. The molecule has 0 aliphatic heterocycles. The summed E-state index contributed by atoms with van der Waals surface area (Å²) in [6.07, 6.45) is 9.59.